The molecule has 0 spiro atoms. The van der Waals surface area contributed by atoms with E-state index in [9.17, 15) is 14.0 Å². The highest BCUT2D eigenvalue weighted by molar-refractivity contribution is 5.95. The Bertz CT molecular complexity index is 760. The lowest BCUT2D eigenvalue weighted by Gasteiger charge is -2.17. The first-order valence-electron chi connectivity index (χ1n) is 7.95. The maximum absolute atomic E-state index is 13.5. The molecule has 0 atom stereocenters. The second-order valence-corrected chi connectivity index (χ2v) is 5.98. The Morgan fingerprint density at radius 3 is 2.32 bits per heavy atom. The number of hydrogen-bond acceptors (Lipinski definition) is 3. The summed E-state index contributed by atoms with van der Waals surface area (Å²) in [5.41, 5.74) is 2.85. The molecule has 5 nitrogen and oxygen atoms in total. The van der Waals surface area contributed by atoms with Gasteiger partial charge in [0, 0.05) is 18.4 Å². The molecule has 2 aromatic rings. The molecular formula is C19H22FN3O2. The molecule has 0 aliphatic carbocycles. The Morgan fingerprint density at radius 2 is 1.68 bits per heavy atom. The first-order chi connectivity index (χ1) is 11.8. The van der Waals surface area contributed by atoms with E-state index in [0.717, 1.165) is 5.56 Å². The molecule has 0 saturated heterocycles. The van der Waals surface area contributed by atoms with Crippen molar-refractivity contribution in [2.75, 3.05) is 30.8 Å². The van der Waals surface area contributed by atoms with Crippen molar-refractivity contribution in [2.24, 2.45) is 0 Å². The van der Waals surface area contributed by atoms with Gasteiger partial charge in [-0.25, -0.2) is 4.39 Å². The van der Waals surface area contributed by atoms with E-state index in [0.29, 0.717) is 16.9 Å². The van der Waals surface area contributed by atoms with E-state index in [1.807, 2.05) is 31.2 Å². The van der Waals surface area contributed by atoms with Gasteiger partial charge >= 0.3 is 0 Å². The molecule has 2 amide bonds. The van der Waals surface area contributed by atoms with Crippen LogP contribution < -0.4 is 10.6 Å². The number of carbonyl (C=O) groups excluding carboxylic acids is 2. The Morgan fingerprint density at radius 1 is 1.04 bits per heavy atom. The number of halogens is 1. The zero-order chi connectivity index (χ0) is 18.4. The fraction of sp³-hybridized carbons (Fsp3) is 0.263. The SMILES string of the molecule is Cc1ccc(NC(=O)CN(C)C(=O)CNc2ccc(C)c(F)c2)cc1. The van der Waals surface area contributed by atoms with E-state index >= 15 is 0 Å². The average Bonchev–Trinajstić information content (AvgIpc) is 2.57. The van der Waals surface area contributed by atoms with Gasteiger partial charge in [0.25, 0.3) is 0 Å². The van der Waals surface area contributed by atoms with Crippen molar-refractivity contribution < 1.29 is 14.0 Å². The largest absolute Gasteiger partial charge is 0.376 e. The van der Waals surface area contributed by atoms with E-state index < -0.39 is 0 Å². The van der Waals surface area contributed by atoms with Crippen LogP contribution in [0.3, 0.4) is 0 Å². The number of amides is 2. The number of benzene rings is 2. The number of nitrogens with zero attached hydrogens (tertiary/aromatic N) is 1. The van der Waals surface area contributed by atoms with Crippen LogP contribution in [0.5, 0.6) is 0 Å². The Kier molecular flexibility index (Phi) is 6.11. The van der Waals surface area contributed by atoms with Gasteiger partial charge < -0.3 is 15.5 Å². The molecule has 0 saturated carbocycles. The number of rotatable bonds is 6. The molecule has 0 aliphatic rings. The van der Waals surface area contributed by atoms with Crippen LogP contribution in [0.25, 0.3) is 0 Å². The van der Waals surface area contributed by atoms with Crippen molar-refractivity contribution in [1.29, 1.82) is 0 Å². The Balaban J connectivity index is 1.81. The Labute approximate surface area is 146 Å². The van der Waals surface area contributed by atoms with Crippen LogP contribution in [0.2, 0.25) is 0 Å². The van der Waals surface area contributed by atoms with Crippen LogP contribution in [0.1, 0.15) is 11.1 Å². The minimum atomic E-state index is -0.330. The predicted molar refractivity (Wildman–Crippen MR) is 97.1 cm³/mol. The molecule has 0 fully saturated rings. The van der Waals surface area contributed by atoms with Crippen LogP contribution >= 0.6 is 0 Å². The maximum atomic E-state index is 13.5. The van der Waals surface area contributed by atoms with Gasteiger partial charge in [-0.3, -0.25) is 9.59 Å². The summed E-state index contributed by atoms with van der Waals surface area (Å²) in [6, 6.07) is 12.1. The molecule has 25 heavy (non-hydrogen) atoms. The lowest BCUT2D eigenvalue weighted by atomic mass is 10.2. The number of hydrogen-bond donors (Lipinski definition) is 2. The molecule has 132 valence electrons. The zero-order valence-corrected chi connectivity index (χ0v) is 14.6. The molecule has 0 unspecified atom stereocenters. The molecule has 0 radical (unpaired) electrons. The summed E-state index contributed by atoms with van der Waals surface area (Å²) in [5.74, 6) is -0.871. The molecule has 2 aromatic carbocycles. The van der Waals surface area contributed by atoms with Crippen LogP contribution in [0.15, 0.2) is 42.5 Å². The number of nitrogens with one attached hydrogen (secondary N) is 2. The van der Waals surface area contributed by atoms with Crippen molar-refractivity contribution in [3.05, 3.63) is 59.4 Å². The van der Waals surface area contributed by atoms with Crippen molar-refractivity contribution in [1.82, 2.24) is 4.90 Å². The maximum Gasteiger partial charge on any atom is 0.243 e. The Hall–Kier alpha value is -2.89. The molecule has 2 N–H and O–H groups in total. The molecule has 0 bridgehead atoms. The van der Waals surface area contributed by atoms with Crippen LogP contribution in [0.4, 0.5) is 15.8 Å². The summed E-state index contributed by atoms with van der Waals surface area (Å²) < 4.78 is 13.5. The average molecular weight is 343 g/mol. The van der Waals surface area contributed by atoms with Crippen LogP contribution in [-0.2, 0) is 9.59 Å². The molecule has 0 heterocycles. The highest BCUT2D eigenvalue weighted by atomic mass is 19.1. The second-order valence-electron chi connectivity index (χ2n) is 5.98. The van der Waals surface area contributed by atoms with Gasteiger partial charge in [0.05, 0.1) is 13.1 Å². The zero-order valence-electron chi connectivity index (χ0n) is 14.6. The van der Waals surface area contributed by atoms with Crippen LogP contribution in [-0.4, -0.2) is 36.9 Å². The summed E-state index contributed by atoms with van der Waals surface area (Å²) in [7, 11) is 1.55. The first-order valence-corrected chi connectivity index (χ1v) is 7.95. The van der Waals surface area contributed by atoms with Crippen LogP contribution in [0, 0.1) is 19.7 Å². The summed E-state index contributed by atoms with van der Waals surface area (Å²) in [6.45, 7) is 3.56. The van der Waals surface area contributed by atoms with E-state index in [1.54, 1.807) is 26.1 Å². The molecule has 6 heteroatoms. The summed E-state index contributed by atoms with van der Waals surface area (Å²) in [6.07, 6.45) is 0. The van der Waals surface area contributed by atoms with Crippen molar-refractivity contribution in [3.8, 4) is 0 Å². The highest BCUT2D eigenvalue weighted by Crippen LogP contribution is 2.13. The minimum Gasteiger partial charge on any atom is -0.376 e. The smallest absolute Gasteiger partial charge is 0.243 e. The van der Waals surface area contributed by atoms with Crippen molar-refractivity contribution in [2.45, 2.75) is 13.8 Å². The van der Waals surface area contributed by atoms with Gasteiger partial charge in [0.1, 0.15) is 5.82 Å². The third-order valence-electron chi connectivity index (χ3n) is 3.76. The molecule has 0 aromatic heterocycles. The summed E-state index contributed by atoms with van der Waals surface area (Å²) in [4.78, 5) is 25.4. The molecule has 0 aliphatic heterocycles. The van der Waals surface area contributed by atoms with Crippen molar-refractivity contribution >= 4 is 23.2 Å². The normalized spacial score (nSPS) is 10.2. The number of carbonyl (C=O) groups is 2. The fourth-order valence-corrected chi connectivity index (χ4v) is 2.16. The number of aryl methyl sites for hydroxylation is 2. The van der Waals surface area contributed by atoms with E-state index in [2.05, 4.69) is 10.6 Å². The van der Waals surface area contributed by atoms with E-state index in [1.165, 1.54) is 11.0 Å². The van der Waals surface area contributed by atoms with Crippen molar-refractivity contribution in [3.63, 3.8) is 0 Å². The van der Waals surface area contributed by atoms with Gasteiger partial charge in [-0.1, -0.05) is 23.8 Å². The van der Waals surface area contributed by atoms with Gasteiger partial charge in [-0.05, 0) is 43.7 Å². The quantitative estimate of drug-likeness (QED) is 0.848. The van der Waals surface area contributed by atoms with Gasteiger partial charge in [-0.2, -0.15) is 0 Å². The van der Waals surface area contributed by atoms with Gasteiger partial charge in [-0.15, -0.1) is 0 Å². The third kappa shape index (κ3) is 5.60. The lowest BCUT2D eigenvalue weighted by molar-refractivity contribution is -0.131. The van der Waals surface area contributed by atoms with E-state index in [-0.39, 0.29) is 30.7 Å². The van der Waals surface area contributed by atoms with Gasteiger partial charge in [0.2, 0.25) is 11.8 Å². The molecular weight excluding hydrogens is 321 g/mol. The monoisotopic (exact) mass is 343 g/mol. The lowest BCUT2D eigenvalue weighted by Crippen LogP contribution is -2.38. The summed E-state index contributed by atoms with van der Waals surface area (Å²) in [5, 5.41) is 5.60. The highest BCUT2D eigenvalue weighted by Gasteiger charge is 2.13. The standard InChI is InChI=1S/C19H22FN3O2/c1-13-4-7-15(8-5-13)22-18(24)12-23(3)19(25)11-21-16-9-6-14(2)17(20)10-16/h4-10,21H,11-12H2,1-3H3,(H,22,24). The second kappa shape index (κ2) is 8.28. The van der Waals surface area contributed by atoms with E-state index in [4.69, 9.17) is 0 Å². The number of likely N-dealkylation sites (N-methyl/N-ethyl adjacent to an activating group) is 1. The first kappa shape index (κ1) is 18.4. The fourth-order valence-electron chi connectivity index (χ4n) is 2.16. The predicted octanol–water partition coefficient (Wildman–Crippen LogP) is 2.95. The topological polar surface area (TPSA) is 61.4 Å². The third-order valence-corrected chi connectivity index (χ3v) is 3.76. The molecule has 2 rings (SSSR count). The van der Waals surface area contributed by atoms with Gasteiger partial charge in [0.15, 0.2) is 0 Å². The number of anilines is 2. The summed E-state index contributed by atoms with van der Waals surface area (Å²) >= 11 is 0. The minimum absolute atomic E-state index is 0.0171.